The summed E-state index contributed by atoms with van der Waals surface area (Å²) in [4.78, 5) is 66.4. The third-order valence-electron chi connectivity index (χ3n) is 5.23. The molecule has 0 radical (unpaired) electrons. The Morgan fingerprint density at radius 1 is 0.944 bits per heavy atom. The summed E-state index contributed by atoms with van der Waals surface area (Å²) in [7, 11) is 0. The van der Waals surface area contributed by atoms with E-state index in [0.717, 1.165) is 20.8 Å². The van der Waals surface area contributed by atoms with E-state index in [1.165, 1.54) is 11.8 Å². The van der Waals surface area contributed by atoms with Crippen LogP contribution in [0.25, 0.3) is 0 Å². The van der Waals surface area contributed by atoms with Gasteiger partial charge in [-0.05, 0) is 12.1 Å². The summed E-state index contributed by atoms with van der Waals surface area (Å²) in [6, 6.07) is 6.56. The standard InChI is InChI=1S/C23H27N3O10/c1-11(27)32-10-17-20(33-12(2)28)21(34-13(3)29)22(35-14(4)30)23(36-17)26-16-8-6-5-7-15(16)25-18(24)9-19(26)31/h5-8,17,20-23H,9-10H2,1-4H3,(H2,24,25). The predicted molar refractivity (Wildman–Crippen MR) is 122 cm³/mol. The first-order chi connectivity index (χ1) is 17.0. The van der Waals surface area contributed by atoms with Crippen molar-refractivity contribution in [3.05, 3.63) is 24.3 Å². The molecular formula is C23H27N3O10. The third-order valence-corrected chi connectivity index (χ3v) is 5.23. The fourth-order valence-corrected chi connectivity index (χ4v) is 4.02. The average molecular weight is 505 g/mol. The Labute approximate surface area is 206 Å². The van der Waals surface area contributed by atoms with Gasteiger partial charge in [0.2, 0.25) is 5.91 Å². The lowest BCUT2D eigenvalue weighted by molar-refractivity contribution is -0.251. The van der Waals surface area contributed by atoms with E-state index in [0.29, 0.717) is 5.69 Å². The van der Waals surface area contributed by atoms with Crippen molar-refractivity contribution in [1.29, 1.82) is 0 Å². The zero-order valence-electron chi connectivity index (χ0n) is 20.2. The number of nitrogens with two attached hydrogens (primary N) is 1. The van der Waals surface area contributed by atoms with E-state index in [1.807, 2.05) is 0 Å². The molecule has 2 heterocycles. The van der Waals surface area contributed by atoms with Crippen molar-refractivity contribution in [3.63, 3.8) is 0 Å². The van der Waals surface area contributed by atoms with Crippen LogP contribution < -0.4 is 10.6 Å². The van der Waals surface area contributed by atoms with E-state index in [4.69, 9.17) is 29.4 Å². The quantitative estimate of drug-likeness (QED) is 0.421. The van der Waals surface area contributed by atoms with Crippen molar-refractivity contribution in [2.24, 2.45) is 10.7 Å². The van der Waals surface area contributed by atoms with Gasteiger partial charge >= 0.3 is 23.9 Å². The molecule has 13 nitrogen and oxygen atoms in total. The summed E-state index contributed by atoms with van der Waals surface area (Å²) in [6.07, 6.45) is -7.11. The summed E-state index contributed by atoms with van der Waals surface area (Å²) in [6.45, 7) is 4.10. The van der Waals surface area contributed by atoms with Gasteiger partial charge in [0.1, 0.15) is 18.5 Å². The Morgan fingerprint density at radius 3 is 2.14 bits per heavy atom. The maximum Gasteiger partial charge on any atom is 0.303 e. The lowest BCUT2D eigenvalue weighted by Crippen LogP contribution is -2.67. The van der Waals surface area contributed by atoms with Gasteiger partial charge in [-0.1, -0.05) is 12.1 Å². The average Bonchev–Trinajstić information content (AvgIpc) is 2.88. The Kier molecular flexibility index (Phi) is 8.25. The van der Waals surface area contributed by atoms with Gasteiger partial charge in [-0.3, -0.25) is 28.9 Å². The van der Waals surface area contributed by atoms with Crippen LogP contribution >= 0.6 is 0 Å². The van der Waals surface area contributed by atoms with Gasteiger partial charge in [0.25, 0.3) is 0 Å². The van der Waals surface area contributed by atoms with E-state index in [9.17, 15) is 24.0 Å². The molecule has 1 saturated heterocycles. The smallest absolute Gasteiger partial charge is 0.303 e. The number of hydrogen-bond acceptors (Lipinski definition) is 12. The SMILES string of the molecule is CC(=O)OCC1OC(N2C(=O)CC(N)=Nc3ccccc32)C(OC(C)=O)C(OC(C)=O)C1OC(C)=O. The van der Waals surface area contributed by atoms with Crippen molar-refractivity contribution in [2.75, 3.05) is 11.5 Å². The number of hydrogen-bond donors (Lipinski definition) is 1. The van der Waals surface area contributed by atoms with Crippen LogP contribution in [0.3, 0.4) is 0 Å². The van der Waals surface area contributed by atoms with Crippen molar-refractivity contribution >= 4 is 47.0 Å². The predicted octanol–water partition coefficient (Wildman–Crippen LogP) is 0.495. The molecule has 5 atom stereocenters. The molecule has 2 N–H and O–H groups in total. The van der Waals surface area contributed by atoms with Crippen LogP contribution in [0.1, 0.15) is 34.1 Å². The van der Waals surface area contributed by atoms with Gasteiger partial charge in [0.15, 0.2) is 24.5 Å². The summed E-state index contributed by atoms with van der Waals surface area (Å²) in [5, 5.41) is 0. The number of ether oxygens (including phenoxy) is 5. The van der Waals surface area contributed by atoms with Crippen LogP contribution in [-0.2, 0) is 47.7 Å². The van der Waals surface area contributed by atoms with Crippen molar-refractivity contribution in [3.8, 4) is 0 Å². The van der Waals surface area contributed by atoms with Gasteiger partial charge in [-0.2, -0.15) is 0 Å². The summed E-state index contributed by atoms with van der Waals surface area (Å²) in [5.41, 5.74) is 6.54. The van der Waals surface area contributed by atoms with Crippen LogP contribution in [0, 0.1) is 0 Å². The molecule has 0 saturated carbocycles. The van der Waals surface area contributed by atoms with E-state index in [2.05, 4.69) is 4.99 Å². The molecule has 13 heteroatoms. The number of amidine groups is 1. The monoisotopic (exact) mass is 505 g/mol. The van der Waals surface area contributed by atoms with Crippen LogP contribution in [0.15, 0.2) is 29.3 Å². The molecule has 0 spiro atoms. The Bertz CT molecular complexity index is 1090. The molecule has 36 heavy (non-hydrogen) atoms. The number of aliphatic imine (C=N–C) groups is 1. The van der Waals surface area contributed by atoms with Gasteiger partial charge in [-0.25, -0.2) is 4.99 Å². The molecule has 0 bridgehead atoms. The molecule has 0 aromatic heterocycles. The fourth-order valence-electron chi connectivity index (χ4n) is 4.02. The highest BCUT2D eigenvalue weighted by Gasteiger charge is 2.55. The van der Waals surface area contributed by atoms with Gasteiger partial charge < -0.3 is 29.4 Å². The minimum Gasteiger partial charge on any atom is -0.463 e. The maximum absolute atomic E-state index is 13.3. The molecular weight excluding hydrogens is 478 g/mol. The first kappa shape index (κ1) is 26.6. The van der Waals surface area contributed by atoms with Gasteiger partial charge in [0, 0.05) is 27.7 Å². The minimum absolute atomic E-state index is 0.0422. The number of benzene rings is 1. The zero-order chi connectivity index (χ0) is 26.6. The lowest BCUT2D eigenvalue weighted by Gasteiger charge is -2.47. The molecule has 1 aromatic rings. The normalized spacial score (nSPS) is 25.6. The van der Waals surface area contributed by atoms with Crippen molar-refractivity contribution in [2.45, 2.75) is 64.8 Å². The number of carbonyl (C=O) groups excluding carboxylic acids is 5. The Balaban J connectivity index is 2.16. The Morgan fingerprint density at radius 2 is 1.53 bits per heavy atom. The van der Waals surface area contributed by atoms with Crippen LogP contribution in [0.4, 0.5) is 11.4 Å². The number of amides is 1. The molecule has 1 amide bonds. The number of rotatable bonds is 6. The fraction of sp³-hybridized carbons (Fsp3) is 0.478. The molecule has 2 aliphatic heterocycles. The number of para-hydroxylation sites is 2. The highest BCUT2D eigenvalue weighted by molar-refractivity contribution is 6.10. The van der Waals surface area contributed by atoms with Crippen LogP contribution in [-0.4, -0.2) is 72.9 Å². The largest absolute Gasteiger partial charge is 0.463 e. The number of esters is 4. The molecule has 1 fully saturated rings. The highest BCUT2D eigenvalue weighted by atomic mass is 16.7. The molecule has 3 rings (SSSR count). The minimum atomic E-state index is -1.44. The van der Waals surface area contributed by atoms with E-state index >= 15 is 0 Å². The van der Waals surface area contributed by atoms with Crippen LogP contribution in [0.5, 0.6) is 0 Å². The second-order valence-corrected chi connectivity index (χ2v) is 8.12. The lowest BCUT2D eigenvalue weighted by atomic mass is 9.96. The summed E-state index contributed by atoms with van der Waals surface area (Å²) < 4.78 is 27.5. The van der Waals surface area contributed by atoms with Gasteiger partial charge in [-0.15, -0.1) is 0 Å². The van der Waals surface area contributed by atoms with E-state index in [-0.39, 0.29) is 17.9 Å². The van der Waals surface area contributed by atoms with E-state index < -0.39 is 67.0 Å². The molecule has 2 aliphatic rings. The molecule has 5 unspecified atom stereocenters. The van der Waals surface area contributed by atoms with Gasteiger partial charge in [0.05, 0.1) is 17.8 Å². The van der Waals surface area contributed by atoms with Crippen LogP contribution in [0.2, 0.25) is 0 Å². The number of nitrogens with zero attached hydrogens (tertiary/aromatic N) is 2. The molecule has 1 aromatic carbocycles. The second-order valence-electron chi connectivity index (χ2n) is 8.12. The summed E-state index contributed by atoms with van der Waals surface area (Å²) >= 11 is 0. The Hall–Kier alpha value is -4.00. The first-order valence-electron chi connectivity index (χ1n) is 11.0. The number of fused-ring (bicyclic) bond motifs is 1. The van der Waals surface area contributed by atoms with Crippen molar-refractivity contribution < 1.29 is 47.7 Å². The number of anilines is 1. The first-order valence-corrected chi connectivity index (χ1v) is 11.0. The molecule has 0 aliphatic carbocycles. The van der Waals surface area contributed by atoms with Crippen molar-refractivity contribution in [1.82, 2.24) is 0 Å². The number of carbonyl (C=O) groups is 5. The van der Waals surface area contributed by atoms with E-state index in [1.54, 1.807) is 24.3 Å². The third kappa shape index (κ3) is 6.16. The topological polar surface area (TPSA) is 173 Å². The zero-order valence-corrected chi connectivity index (χ0v) is 20.2. The maximum atomic E-state index is 13.3. The summed E-state index contributed by atoms with van der Waals surface area (Å²) in [5.74, 6) is -3.48. The second kappa shape index (κ2) is 11.2. The highest BCUT2D eigenvalue weighted by Crippen LogP contribution is 2.38. The molecule has 194 valence electrons.